The number of rotatable bonds is 5. The molecule has 1 amide bonds. The van der Waals surface area contributed by atoms with Gasteiger partial charge in [0.1, 0.15) is 0 Å². The number of carbonyl (C=O) groups is 1. The van der Waals surface area contributed by atoms with Crippen molar-refractivity contribution in [3.8, 4) is 0 Å². The largest absolute Gasteiger partial charge is 0.373 e. The van der Waals surface area contributed by atoms with Crippen LogP contribution in [-0.2, 0) is 22.5 Å². The summed E-state index contributed by atoms with van der Waals surface area (Å²) < 4.78 is 7.56. The van der Waals surface area contributed by atoms with E-state index in [1.165, 1.54) is 0 Å². The zero-order valence-corrected chi connectivity index (χ0v) is 13.0. The molecule has 6 heteroatoms. The maximum absolute atomic E-state index is 12.6. The van der Waals surface area contributed by atoms with Crippen LogP contribution < -0.4 is 5.73 Å². The number of nitrogens with zero attached hydrogens (tertiary/aromatic N) is 3. The van der Waals surface area contributed by atoms with Gasteiger partial charge in [-0.05, 0) is 18.1 Å². The summed E-state index contributed by atoms with van der Waals surface area (Å²) in [6.07, 6.45) is 4.14. The van der Waals surface area contributed by atoms with E-state index in [0.717, 1.165) is 5.56 Å². The highest BCUT2D eigenvalue weighted by Crippen LogP contribution is 2.10. The molecule has 2 aromatic rings. The van der Waals surface area contributed by atoms with Crippen molar-refractivity contribution in [2.45, 2.75) is 25.1 Å². The smallest absolute Gasteiger partial charge is 0.239 e. The van der Waals surface area contributed by atoms with Crippen LogP contribution in [0.5, 0.6) is 0 Å². The Balaban J connectivity index is 1.56. The Labute approximate surface area is 135 Å². The Hall–Kier alpha value is -2.18. The molecule has 0 spiro atoms. The first kappa shape index (κ1) is 15.7. The Kier molecular flexibility index (Phi) is 5.05. The summed E-state index contributed by atoms with van der Waals surface area (Å²) in [4.78, 5) is 14.4. The number of hydrogen-bond donors (Lipinski definition) is 1. The SMILES string of the molecule is NC(Cc1ccccc1)C(=O)N1CCOC(Cn2cccn2)C1. The molecule has 0 radical (unpaired) electrons. The van der Waals surface area contributed by atoms with Crippen LogP contribution in [0.15, 0.2) is 48.8 Å². The van der Waals surface area contributed by atoms with Crippen LogP contribution in [0.1, 0.15) is 5.56 Å². The average molecular weight is 314 g/mol. The number of morpholine rings is 1. The van der Waals surface area contributed by atoms with E-state index in [2.05, 4.69) is 5.10 Å². The number of hydrogen-bond acceptors (Lipinski definition) is 4. The number of aromatic nitrogens is 2. The molecule has 23 heavy (non-hydrogen) atoms. The fourth-order valence-corrected chi connectivity index (χ4v) is 2.84. The molecule has 3 rings (SSSR count). The lowest BCUT2D eigenvalue weighted by atomic mass is 10.1. The zero-order valence-electron chi connectivity index (χ0n) is 13.0. The minimum Gasteiger partial charge on any atom is -0.373 e. The third-order valence-corrected chi connectivity index (χ3v) is 4.02. The van der Waals surface area contributed by atoms with E-state index >= 15 is 0 Å². The fraction of sp³-hybridized carbons (Fsp3) is 0.412. The summed E-state index contributed by atoms with van der Waals surface area (Å²) in [5.41, 5.74) is 7.19. The molecule has 1 aromatic heterocycles. The second kappa shape index (κ2) is 7.39. The topological polar surface area (TPSA) is 73.4 Å². The van der Waals surface area contributed by atoms with Crippen molar-refractivity contribution in [3.05, 3.63) is 54.4 Å². The molecule has 2 N–H and O–H groups in total. The molecule has 1 saturated heterocycles. The van der Waals surface area contributed by atoms with Gasteiger partial charge in [-0.2, -0.15) is 5.10 Å². The van der Waals surface area contributed by atoms with Gasteiger partial charge in [0.15, 0.2) is 0 Å². The third kappa shape index (κ3) is 4.18. The second-order valence-corrected chi connectivity index (χ2v) is 5.80. The van der Waals surface area contributed by atoms with Gasteiger partial charge in [0.05, 0.1) is 25.3 Å². The highest BCUT2D eigenvalue weighted by Gasteiger charge is 2.27. The highest BCUT2D eigenvalue weighted by molar-refractivity contribution is 5.82. The van der Waals surface area contributed by atoms with Crippen molar-refractivity contribution < 1.29 is 9.53 Å². The number of carbonyl (C=O) groups excluding carboxylic acids is 1. The van der Waals surface area contributed by atoms with Gasteiger partial charge in [-0.1, -0.05) is 30.3 Å². The maximum Gasteiger partial charge on any atom is 0.239 e. The van der Waals surface area contributed by atoms with Crippen LogP contribution in [0.3, 0.4) is 0 Å². The molecule has 1 aliphatic rings. The van der Waals surface area contributed by atoms with Gasteiger partial charge >= 0.3 is 0 Å². The van der Waals surface area contributed by atoms with Crippen LogP contribution in [0.4, 0.5) is 0 Å². The monoisotopic (exact) mass is 314 g/mol. The van der Waals surface area contributed by atoms with E-state index in [4.69, 9.17) is 10.5 Å². The molecule has 1 aliphatic heterocycles. The minimum atomic E-state index is -0.513. The van der Waals surface area contributed by atoms with Crippen molar-refractivity contribution in [3.63, 3.8) is 0 Å². The van der Waals surface area contributed by atoms with E-state index < -0.39 is 6.04 Å². The standard InChI is InChI=1S/C17H22N4O2/c18-16(11-14-5-2-1-3-6-14)17(22)20-9-10-23-15(12-20)13-21-8-4-7-19-21/h1-8,15-16H,9-13,18H2. The summed E-state index contributed by atoms with van der Waals surface area (Å²) in [5, 5.41) is 4.18. The number of amides is 1. The molecule has 1 aromatic carbocycles. The highest BCUT2D eigenvalue weighted by atomic mass is 16.5. The molecule has 2 unspecified atom stereocenters. The first-order chi connectivity index (χ1) is 11.2. The lowest BCUT2D eigenvalue weighted by Crippen LogP contribution is -2.52. The normalized spacial score (nSPS) is 19.5. The first-order valence-electron chi connectivity index (χ1n) is 7.89. The quantitative estimate of drug-likeness (QED) is 0.881. The second-order valence-electron chi connectivity index (χ2n) is 5.80. The molecule has 0 saturated carbocycles. The Bertz CT molecular complexity index is 615. The number of nitrogens with two attached hydrogens (primary N) is 1. The predicted molar refractivity (Wildman–Crippen MR) is 86.7 cm³/mol. The van der Waals surface area contributed by atoms with Gasteiger partial charge in [-0.3, -0.25) is 9.48 Å². The predicted octanol–water partition coefficient (Wildman–Crippen LogP) is 0.680. The van der Waals surface area contributed by atoms with Gasteiger partial charge in [-0.15, -0.1) is 0 Å². The van der Waals surface area contributed by atoms with Gasteiger partial charge in [0, 0.05) is 25.5 Å². The molecular formula is C17H22N4O2. The van der Waals surface area contributed by atoms with Gasteiger partial charge in [0.25, 0.3) is 0 Å². The van der Waals surface area contributed by atoms with E-state index in [0.29, 0.717) is 32.7 Å². The third-order valence-electron chi connectivity index (χ3n) is 4.02. The average Bonchev–Trinajstić information content (AvgIpc) is 3.08. The fourth-order valence-electron chi connectivity index (χ4n) is 2.84. The van der Waals surface area contributed by atoms with E-state index in [9.17, 15) is 4.79 Å². The van der Waals surface area contributed by atoms with Crippen molar-refractivity contribution >= 4 is 5.91 Å². The molecule has 6 nitrogen and oxygen atoms in total. The molecule has 0 aliphatic carbocycles. The van der Waals surface area contributed by atoms with Gasteiger partial charge in [0.2, 0.25) is 5.91 Å². The van der Waals surface area contributed by atoms with Crippen LogP contribution in [0.2, 0.25) is 0 Å². The maximum atomic E-state index is 12.6. The molecule has 122 valence electrons. The van der Waals surface area contributed by atoms with Crippen LogP contribution in [-0.4, -0.2) is 52.4 Å². The minimum absolute atomic E-state index is 0.0115. The van der Waals surface area contributed by atoms with Crippen LogP contribution in [0.25, 0.3) is 0 Å². The van der Waals surface area contributed by atoms with Crippen molar-refractivity contribution in [2.75, 3.05) is 19.7 Å². The molecule has 1 fully saturated rings. The van der Waals surface area contributed by atoms with Gasteiger partial charge in [-0.25, -0.2) is 0 Å². The summed E-state index contributed by atoms with van der Waals surface area (Å²) >= 11 is 0. The number of benzene rings is 1. The van der Waals surface area contributed by atoms with E-state index in [1.54, 1.807) is 6.20 Å². The molecule has 0 bridgehead atoms. The van der Waals surface area contributed by atoms with Crippen LogP contribution in [0, 0.1) is 0 Å². The Morgan fingerprint density at radius 3 is 2.91 bits per heavy atom. The zero-order chi connectivity index (χ0) is 16.1. The molecule has 2 heterocycles. The van der Waals surface area contributed by atoms with E-state index in [1.807, 2.05) is 52.2 Å². The van der Waals surface area contributed by atoms with Crippen molar-refractivity contribution in [2.24, 2.45) is 5.73 Å². The lowest BCUT2D eigenvalue weighted by Gasteiger charge is -2.34. The lowest BCUT2D eigenvalue weighted by molar-refractivity contribution is -0.140. The summed E-state index contributed by atoms with van der Waals surface area (Å²) in [6.45, 7) is 2.33. The summed E-state index contributed by atoms with van der Waals surface area (Å²) in [7, 11) is 0. The first-order valence-corrected chi connectivity index (χ1v) is 7.89. The Morgan fingerprint density at radius 1 is 1.35 bits per heavy atom. The number of ether oxygens (including phenoxy) is 1. The van der Waals surface area contributed by atoms with Crippen LogP contribution >= 0.6 is 0 Å². The summed E-state index contributed by atoms with van der Waals surface area (Å²) in [6, 6.07) is 11.2. The Morgan fingerprint density at radius 2 is 2.17 bits per heavy atom. The molecule has 2 atom stereocenters. The van der Waals surface area contributed by atoms with E-state index in [-0.39, 0.29) is 12.0 Å². The molecular weight excluding hydrogens is 292 g/mol. The van der Waals surface area contributed by atoms with Gasteiger partial charge < -0.3 is 15.4 Å². The van der Waals surface area contributed by atoms with Crippen molar-refractivity contribution in [1.29, 1.82) is 0 Å². The summed E-state index contributed by atoms with van der Waals surface area (Å²) in [5.74, 6) is -0.0115. The van der Waals surface area contributed by atoms with Crippen molar-refractivity contribution in [1.82, 2.24) is 14.7 Å².